The maximum absolute atomic E-state index is 15.8. The molecule has 2 unspecified atom stereocenters. The Morgan fingerprint density at radius 3 is 2.41 bits per heavy atom. The number of nitrogens with zero attached hydrogens (tertiary/aromatic N) is 5. The fourth-order valence-electron chi connectivity index (χ4n) is 6.06. The first kappa shape index (κ1) is 27.9. The molecular weight excluding hydrogens is 503 g/mol. The maximum Gasteiger partial charge on any atom is 0.134 e. The van der Waals surface area contributed by atoms with Crippen LogP contribution in [0, 0.1) is 23.5 Å². The third-order valence-corrected chi connectivity index (χ3v) is 7.92. The standard InChI is InChI=1S/C30H40F3N5O/c1-18(2)15-37-19(3)11-23-22(7-8-26-28(23)34-35-38(26)30(4,5)6)29(37)27-24(32)12-21(13-25(27)33)39-10-9-36-16-20(14-31)17-36/h7-8,12-13,18-20,29H,9-11,14-17H2,1-6H3. The SMILES string of the molecule is CC(C)CN1C(C)Cc2c(ccc3c2nnn3C(C)(C)C)C1c1c(F)cc(OCCN2CC(CF)C2)cc1F. The van der Waals surface area contributed by atoms with Gasteiger partial charge in [0.25, 0.3) is 0 Å². The Labute approximate surface area is 229 Å². The van der Waals surface area contributed by atoms with E-state index in [0.29, 0.717) is 38.7 Å². The second kappa shape index (κ2) is 10.7. The third kappa shape index (κ3) is 5.40. The van der Waals surface area contributed by atoms with Gasteiger partial charge in [0.2, 0.25) is 0 Å². The van der Waals surface area contributed by atoms with Crippen LogP contribution in [0.4, 0.5) is 13.2 Å². The zero-order valence-electron chi connectivity index (χ0n) is 23.8. The van der Waals surface area contributed by atoms with E-state index >= 15 is 8.78 Å². The number of likely N-dealkylation sites (tertiary alicyclic amines) is 1. The summed E-state index contributed by atoms with van der Waals surface area (Å²) in [7, 11) is 0. The minimum absolute atomic E-state index is 0.0342. The van der Waals surface area contributed by atoms with Crippen molar-refractivity contribution in [3.63, 3.8) is 0 Å². The Hall–Kier alpha value is -2.65. The molecule has 2 aromatic carbocycles. The van der Waals surface area contributed by atoms with Crippen LogP contribution in [0.15, 0.2) is 24.3 Å². The molecular formula is C30H40F3N5O. The van der Waals surface area contributed by atoms with E-state index in [1.807, 2.05) is 16.8 Å². The Morgan fingerprint density at radius 1 is 1.10 bits per heavy atom. The van der Waals surface area contributed by atoms with Gasteiger partial charge in [-0.25, -0.2) is 13.5 Å². The summed E-state index contributed by atoms with van der Waals surface area (Å²) in [5.74, 6) is -0.672. The fourth-order valence-corrected chi connectivity index (χ4v) is 6.06. The number of ether oxygens (including phenoxy) is 1. The van der Waals surface area contributed by atoms with Crippen LogP contribution in [0.25, 0.3) is 11.0 Å². The smallest absolute Gasteiger partial charge is 0.134 e. The van der Waals surface area contributed by atoms with Gasteiger partial charge in [-0.05, 0) is 57.2 Å². The van der Waals surface area contributed by atoms with Gasteiger partial charge in [0.05, 0.1) is 23.8 Å². The van der Waals surface area contributed by atoms with Gasteiger partial charge in [-0.3, -0.25) is 14.2 Å². The first-order valence-electron chi connectivity index (χ1n) is 14.0. The Morgan fingerprint density at radius 2 is 1.79 bits per heavy atom. The number of rotatable bonds is 8. The van der Waals surface area contributed by atoms with Crippen molar-refractivity contribution < 1.29 is 17.9 Å². The maximum atomic E-state index is 15.8. The van der Waals surface area contributed by atoms with Gasteiger partial charge in [-0.15, -0.1) is 5.10 Å². The molecule has 0 bridgehead atoms. The van der Waals surface area contributed by atoms with Gasteiger partial charge in [0.1, 0.15) is 29.5 Å². The largest absolute Gasteiger partial charge is 0.492 e. The molecule has 1 aromatic heterocycles. The second-order valence-corrected chi connectivity index (χ2v) is 12.6. The topological polar surface area (TPSA) is 46.4 Å². The summed E-state index contributed by atoms with van der Waals surface area (Å²) in [5.41, 5.74) is 3.38. The lowest BCUT2D eigenvalue weighted by Crippen LogP contribution is -2.49. The number of alkyl halides is 1. The molecule has 0 radical (unpaired) electrons. The molecule has 0 N–H and O–H groups in total. The normalized spacial score (nSPS) is 21.0. The molecule has 1 fully saturated rings. The molecule has 3 heterocycles. The molecule has 212 valence electrons. The van der Waals surface area contributed by atoms with Crippen molar-refractivity contribution in [1.82, 2.24) is 24.8 Å². The number of hydrogen-bond acceptors (Lipinski definition) is 5. The first-order valence-corrected chi connectivity index (χ1v) is 14.0. The summed E-state index contributed by atoms with van der Waals surface area (Å²) < 4.78 is 51.9. The minimum atomic E-state index is -0.622. The van der Waals surface area contributed by atoms with Crippen molar-refractivity contribution in [3.8, 4) is 5.75 Å². The summed E-state index contributed by atoms with van der Waals surface area (Å²) >= 11 is 0. The second-order valence-electron chi connectivity index (χ2n) is 12.6. The molecule has 2 aliphatic heterocycles. The highest BCUT2D eigenvalue weighted by molar-refractivity contribution is 5.80. The van der Waals surface area contributed by atoms with Crippen molar-refractivity contribution in [1.29, 1.82) is 0 Å². The molecule has 5 rings (SSSR count). The molecule has 0 saturated carbocycles. The van der Waals surface area contributed by atoms with Gasteiger partial charge >= 0.3 is 0 Å². The van der Waals surface area contributed by atoms with Crippen LogP contribution in [0.2, 0.25) is 0 Å². The van der Waals surface area contributed by atoms with E-state index in [9.17, 15) is 4.39 Å². The van der Waals surface area contributed by atoms with Crippen molar-refractivity contribution >= 4 is 11.0 Å². The van der Waals surface area contributed by atoms with Crippen LogP contribution in [-0.2, 0) is 12.0 Å². The average molecular weight is 544 g/mol. The van der Waals surface area contributed by atoms with Crippen LogP contribution < -0.4 is 4.74 Å². The highest BCUT2D eigenvalue weighted by Gasteiger charge is 2.38. The minimum Gasteiger partial charge on any atom is -0.492 e. The van der Waals surface area contributed by atoms with Crippen molar-refractivity contribution in [2.75, 3.05) is 39.5 Å². The van der Waals surface area contributed by atoms with Crippen molar-refractivity contribution in [2.24, 2.45) is 11.8 Å². The predicted molar refractivity (Wildman–Crippen MR) is 147 cm³/mol. The molecule has 2 atom stereocenters. The molecule has 9 heteroatoms. The molecule has 6 nitrogen and oxygen atoms in total. The molecule has 0 aliphatic carbocycles. The molecule has 0 amide bonds. The van der Waals surface area contributed by atoms with E-state index in [0.717, 1.165) is 28.6 Å². The molecule has 39 heavy (non-hydrogen) atoms. The van der Waals surface area contributed by atoms with E-state index in [4.69, 9.17) is 4.74 Å². The summed E-state index contributed by atoms with van der Waals surface area (Å²) in [4.78, 5) is 4.28. The van der Waals surface area contributed by atoms with Crippen LogP contribution >= 0.6 is 0 Å². The zero-order chi connectivity index (χ0) is 28.1. The van der Waals surface area contributed by atoms with E-state index in [2.05, 4.69) is 61.7 Å². The van der Waals surface area contributed by atoms with Gasteiger partial charge in [0, 0.05) is 55.8 Å². The van der Waals surface area contributed by atoms with Crippen LogP contribution in [0.5, 0.6) is 5.75 Å². The number of halogens is 3. The summed E-state index contributed by atoms with van der Waals surface area (Å²) in [6.45, 7) is 15.3. The Bertz CT molecular complexity index is 1310. The number of benzene rings is 2. The van der Waals surface area contributed by atoms with Gasteiger partial charge in [0.15, 0.2) is 0 Å². The highest BCUT2D eigenvalue weighted by Crippen LogP contribution is 2.43. The molecule has 3 aromatic rings. The predicted octanol–water partition coefficient (Wildman–Crippen LogP) is 5.74. The summed E-state index contributed by atoms with van der Waals surface area (Å²) in [6.07, 6.45) is 0.725. The van der Waals surface area contributed by atoms with Gasteiger partial charge in [-0.1, -0.05) is 25.1 Å². The van der Waals surface area contributed by atoms with E-state index in [1.165, 1.54) is 12.1 Å². The Kier molecular flexibility index (Phi) is 7.68. The number of aromatic nitrogens is 3. The van der Waals surface area contributed by atoms with E-state index in [1.54, 1.807) is 0 Å². The lowest BCUT2D eigenvalue weighted by molar-refractivity contribution is 0.0667. The molecule has 0 spiro atoms. The Balaban J connectivity index is 1.50. The van der Waals surface area contributed by atoms with Crippen molar-refractivity contribution in [3.05, 3.63) is 52.6 Å². The zero-order valence-corrected chi connectivity index (χ0v) is 23.8. The summed E-state index contributed by atoms with van der Waals surface area (Å²) in [6, 6.07) is 6.01. The van der Waals surface area contributed by atoms with Crippen LogP contribution in [0.3, 0.4) is 0 Å². The quantitative estimate of drug-likeness (QED) is 0.363. The number of hydrogen-bond donors (Lipinski definition) is 0. The van der Waals surface area contributed by atoms with E-state index in [-0.39, 0.29) is 35.5 Å². The van der Waals surface area contributed by atoms with E-state index < -0.39 is 17.7 Å². The van der Waals surface area contributed by atoms with Crippen molar-refractivity contribution in [2.45, 2.75) is 65.6 Å². The lowest BCUT2D eigenvalue weighted by Gasteiger charge is -2.43. The molecule has 2 aliphatic rings. The summed E-state index contributed by atoms with van der Waals surface area (Å²) in [5, 5.41) is 8.98. The first-order chi connectivity index (χ1) is 18.5. The monoisotopic (exact) mass is 543 g/mol. The lowest BCUT2D eigenvalue weighted by atomic mass is 9.83. The highest BCUT2D eigenvalue weighted by atomic mass is 19.1. The fraction of sp³-hybridized carbons (Fsp3) is 0.600. The van der Waals surface area contributed by atoms with Gasteiger partial charge < -0.3 is 4.74 Å². The molecule has 1 saturated heterocycles. The van der Waals surface area contributed by atoms with Crippen LogP contribution in [-0.4, -0.2) is 70.3 Å². The van der Waals surface area contributed by atoms with Gasteiger partial charge in [-0.2, -0.15) is 0 Å². The average Bonchev–Trinajstić information content (AvgIpc) is 3.27. The van der Waals surface area contributed by atoms with Crippen LogP contribution in [0.1, 0.15) is 64.3 Å². The number of fused-ring (bicyclic) bond motifs is 3. The third-order valence-electron chi connectivity index (χ3n) is 7.92.